The molecule has 0 aliphatic carbocycles. The van der Waals surface area contributed by atoms with Gasteiger partial charge in [-0.1, -0.05) is 81.5 Å². The summed E-state index contributed by atoms with van der Waals surface area (Å²) in [6.45, 7) is 18.1. The quantitative estimate of drug-likeness (QED) is 0.120. The van der Waals surface area contributed by atoms with E-state index in [2.05, 4.69) is 111 Å². The number of furan rings is 1. The van der Waals surface area contributed by atoms with Crippen molar-refractivity contribution in [1.82, 2.24) is 15.0 Å². The van der Waals surface area contributed by atoms with E-state index in [-0.39, 0.29) is 20.1 Å². The van der Waals surface area contributed by atoms with E-state index in [0.717, 1.165) is 57.4 Å². The van der Waals surface area contributed by atoms with Crippen molar-refractivity contribution in [2.24, 2.45) is 11.8 Å². The van der Waals surface area contributed by atoms with Crippen LogP contribution in [0.15, 0.2) is 83.5 Å². The number of rotatable bonds is 7. The maximum absolute atomic E-state index is 6.06. The van der Waals surface area contributed by atoms with Crippen LogP contribution in [-0.2, 0) is 32.9 Å². The molecule has 0 saturated heterocycles. The molecule has 0 N–H and O–H groups in total. The van der Waals surface area contributed by atoms with Gasteiger partial charge in [-0.15, -0.1) is 54.1 Å². The second-order valence-electron chi connectivity index (χ2n) is 13.5. The Labute approximate surface area is 283 Å². The fourth-order valence-corrected chi connectivity index (χ4v) is 7.18. The maximum atomic E-state index is 6.06. The molecule has 6 rings (SSSR count). The standard InChI is InChI=1S/C21H19N2O.C18H24NSi.Ir/c1-13(2)11-15-9-10-22-19(12-15)18-6-4-5-16-17-8-7-14(3)23-21(17)24-20(16)18;1-14(2)11-16-12-17(15-9-7-6-8-10-15)19-13-18(16)20(3,4)5;/h4-5,7-10,12-13H,11H2,1-3H3;6-9,12-14H,11H2,1-5H3;/q2*-1;. The molecule has 0 unspecified atom stereocenters. The van der Waals surface area contributed by atoms with Crippen LogP contribution in [0.3, 0.4) is 0 Å². The normalized spacial score (nSPS) is 11.5. The van der Waals surface area contributed by atoms with E-state index < -0.39 is 8.07 Å². The van der Waals surface area contributed by atoms with Crippen LogP contribution in [0, 0.1) is 30.9 Å². The molecule has 1 radical (unpaired) electrons. The van der Waals surface area contributed by atoms with Crippen LogP contribution >= 0.6 is 0 Å². The van der Waals surface area contributed by atoms with Gasteiger partial charge in [-0.05, 0) is 66.4 Å². The Bertz CT molecular complexity index is 1870. The molecule has 0 saturated carbocycles. The minimum atomic E-state index is -1.34. The first-order valence-corrected chi connectivity index (χ1v) is 19.1. The predicted molar refractivity (Wildman–Crippen MR) is 187 cm³/mol. The van der Waals surface area contributed by atoms with Gasteiger partial charge < -0.3 is 14.4 Å². The molecule has 0 aliphatic rings. The summed E-state index contributed by atoms with van der Waals surface area (Å²) >= 11 is 0. The Hall–Kier alpha value is -3.44. The van der Waals surface area contributed by atoms with E-state index in [0.29, 0.717) is 17.5 Å². The number of benzene rings is 2. The van der Waals surface area contributed by atoms with E-state index in [1.165, 1.54) is 16.3 Å². The number of aryl methyl sites for hydroxylation is 1. The van der Waals surface area contributed by atoms with Gasteiger partial charge >= 0.3 is 0 Å². The molecule has 45 heavy (non-hydrogen) atoms. The van der Waals surface area contributed by atoms with E-state index >= 15 is 0 Å². The van der Waals surface area contributed by atoms with Crippen LogP contribution in [0.5, 0.6) is 0 Å². The number of hydrogen-bond donors (Lipinski definition) is 0. The third-order valence-electron chi connectivity index (χ3n) is 7.57. The molecule has 6 heteroatoms. The zero-order chi connectivity index (χ0) is 31.4. The van der Waals surface area contributed by atoms with Crippen LogP contribution in [-0.4, -0.2) is 23.0 Å². The van der Waals surface area contributed by atoms with Crippen molar-refractivity contribution < 1.29 is 24.5 Å². The molecular weight excluding hydrogens is 747 g/mol. The van der Waals surface area contributed by atoms with E-state index in [9.17, 15) is 0 Å². The molecule has 235 valence electrons. The van der Waals surface area contributed by atoms with Gasteiger partial charge in [0.25, 0.3) is 0 Å². The zero-order valence-corrected chi connectivity index (χ0v) is 31.1. The van der Waals surface area contributed by atoms with Crippen molar-refractivity contribution in [2.75, 3.05) is 0 Å². The summed E-state index contributed by atoms with van der Waals surface area (Å²) in [5.74, 6) is 1.28. The number of hydrogen-bond acceptors (Lipinski definition) is 4. The van der Waals surface area contributed by atoms with Crippen LogP contribution < -0.4 is 5.19 Å². The topological polar surface area (TPSA) is 51.8 Å². The van der Waals surface area contributed by atoms with E-state index in [4.69, 9.17) is 4.42 Å². The third kappa shape index (κ3) is 8.43. The molecule has 0 aliphatic heterocycles. The fourth-order valence-electron chi connectivity index (χ4n) is 5.60. The monoisotopic (exact) mass is 790 g/mol. The Morgan fingerprint density at radius 1 is 0.800 bits per heavy atom. The van der Waals surface area contributed by atoms with Crippen molar-refractivity contribution in [3.8, 4) is 22.5 Å². The van der Waals surface area contributed by atoms with Crippen molar-refractivity contribution in [2.45, 2.75) is 67.1 Å². The summed E-state index contributed by atoms with van der Waals surface area (Å²) < 4.78 is 6.06. The molecule has 0 amide bonds. The SMILES string of the molecule is CC(C)Cc1cc(-c2[c-]cccc2)ncc1[Si](C)(C)C.Cc1ccc2c(n1)oc1c(-c3cc(CC(C)C)ccn3)[c-]ccc12.[Ir]. The number of aromatic nitrogens is 3. The summed E-state index contributed by atoms with van der Waals surface area (Å²) in [5.41, 5.74) is 9.10. The molecular formula is C39H43IrN3OSi-2. The Kier molecular flexibility index (Phi) is 11.3. The van der Waals surface area contributed by atoms with E-state index in [1.807, 2.05) is 49.5 Å². The summed E-state index contributed by atoms with van der Waals surface area (Å²) in [4.78, 5) is 13.7. The first-order chi connectivity index (χ1) is 21.0. The first kappa shape index (κ1) is 34.4. The van der Waals surface area contributed by atoms with Gasteiger partial charge in [0.1, 0.15) is 0 Å². The van der Waals surface area contributed by atoms with Crippen LogP contribution in [0.2, 0.25) is 19.6 Å². The average molecular weight is 790 g/mol. The summed E-state index contributed by atoms with van der Waals surface area (Å²) in [7, 11) is -1.34. The second kappa shape index (κ2) is 14.8. The largest absolute Gasteiger partial charge is 0.486 e. The van der Waals surface area contributed by atoms with Crippen LogP contribution in [0.25, 0.3) is 44.6 Å². The third-order valence-corrected chi connectivity index (χ3v) is 9.64. The van der Waals surface area contributed by atoms with Crippen LogP contribution in [0.1, 0.15) is 44.5 Å². The maximum Gasteiger partial charge on any atom is 0.216 e. The molecule has 0 spiro atoms. The zero-order valence-electron chi connectivity index (χ0n) is 27.7. The van der Waals surface area contributed by atoms with Gasteiger partial charge in [0.15, 0.2) is 0 Å². The van der Waals surface area contributed by atoms with Crippen LogP contribution in [0.4, 0.5) is 0 Å². The smallest absolute Gasteiger partial charge is 0.216 e. The summed E-state index contributed by atoms with van der Waals surface area (Å²) in [5, 5.41) is 3.58. The summed E-state index contributed by atoms with van der Waals surface area (Å²) in [6.07, 6.45) is 6.14. The average Bonchev–Trinajstić information content (AvgIpc) is 3.34. The van der Waals surface area contributed by atoms with Gasteiger partial charge in [-0.2, -0.15) is 0 Å². The molecule has 4 nitrogen and oxygen atoms in total. The number of nitrogens with zero attached hydrogens (tertiary/aromatic N) is 3. The first-order valence-electron chi connectivity index (χ1n) is 15.6. The molecule has 0 bridgehead atoms. The number of pyridine rings is 3. The van der Waals surface area contributed by atoms with Gasteiger partial charge in [0, 0.05) is 43.6 Å². The van der Waals surface area contributed by atoms with Gasteiger partial charge in [0.2, 0.25) is 5.71 Å². The molecule has 2 aromatic carbocycles. The minimum absolute atomic E-state index is 0. The fraction of sp³-hybridized carbons (Fsp3) is 0.308. The van der Waals surface area contributed by atoms with E-state index in [1.54, 1.807) is 0 Å². The molecule has 0 fully saturated rings. The Morgan fingerprint density at radius 2 is 1.58 bits per heavy atom. The van der Waals surface area contributed by atoms with Gasteiger partial charge in [0.05, 0.1) is 13.7 Å². The second-order valence-corrected chi connectivity index (χ2v) is 18.5. The van der Waals surface area contributed by atoms with Crippen molar-refractivity contribution >= 4 is 35.3 Å². The van der Waals surface area contributed by atoms with Gasteiger partial charge in [-0.25, -0.2) is 4.98 Å². The molecule has 4 heterocycles. The number of fused-ring (bicyclic) bond motifs is 3. The van der Waals surface area contributed by atoms with Crippen molar-refractivity contribution in [3.05, 3.63) is 108 Å². The minimum Gasteiger partial charge on any atom is -0.486 e. The Morgan fingerprint density at radius 3 is 2.27 bits per heavy atom. The molecule has 6 aromatic rings. The molecule has 4 aromatic heterocycles. The Balaban J connectivity index is 0.000000204. The van der Waals surface area contributed by atoms with Crippen molar-refractivity contribution in [1.29, 1.82) is 0 Å². The van der Waals surface area contributed by atoms with Gasteiger partial charge in [-0.3, -0.25) is 0 Å². The summed E-state index contributed by atoms with van der Waals surface area (Å²) in [6, 6.07) is 29.2. The predicted octanol–water partition coefficient (Wildman–Crippen LogP) is 9.64. The molecule has 0 atom stereocenters. The van der Waals surface area contributed by atoms with Crippen molar-refractivity contribution in [3.63, 3.8) is 0 Å².